The molecule has 5 heterocycles. The van der Waals surface area contributed by atoms with Gasteiger partial charge >= 0.3 is 6.18 Å². The van der Waals surface area contributed by atoms with E-state index in [0.717, 1.165) is 54.2 Å². The summed E-state index contributed by atoms with van der Waals surface area (Å²) in [6.07, 6.45) is 5.93. The van der Waals surface area contributed by atoms with Crippen LogP contribution in [0.1, 0.15) is 43.4 Å². The van der Waals surface area contributed by atoms with Crippen molar-refractivity contribution >= 4 is 11.0 Å². The number of ether oxygens (including phenoxy) is 1. The molecule has 0 spiro atoms. The number of hydrogen-bond donors (Lipinski definition) is 3. The molecule has 0 aromatic carbocycles. The summed E-state index contributed by atoms with van der Waals surface area (Å²) in [5, 5.41) is 27.2. The largest absolute Gasteiger partial charge is 0.474 e. The van der Waals surface area contributed by atoms with Crippen molar-refractivity contribution in [2.45, 2.75) is 62.5 Å². The smallest absolute Gasteiger partial charge is 0.433 e. The summed E-state index contributed by atoms with van der Waals surface area (Å²) < 4.78 is 48.3. The Morgan fingerprint density at radius 3 is 2.77 bits per heavy atom. The maximum Gasteiger partial charge on any atom is 0.433 e. The minimum absolute atomic E-state index is 0.0358. The van der Waals surface area contributed by atoms with E-state index in [0.29, 0.717) is 24.8 Å². The number of H-pyrrole nitrogens is 1. The molecule has 4 aromatic heterocycles. The van der Waals surface area contributed by atoms with Gasteiger partial charge in [0, 0.05) is 67.8 Å². The van der Waals surface area contributed by atoms with E-state index in [1.165, 1.54) is 6.07 Å². The molecule has 0 bridgehead atoms. The third-order valence-electron chi connectivity index (χ3n) is 8.53. The predicted octanol–water partition coefficient (Wildman–Crippen LogP) is 4.24. The van der Waals surface area contributed by atoms with Crippen molar-refractivity contribution in [2.75, 3.05) is 26.2 Å². The maximum atomic E-state index is 13.5. The molecule has 0 amide bonds. The van der Waals surface area contributed by atoms with E-state index >= 15 is 0 Å². The summed E-state index contributed by atoms with van der Waals surface area (Å²) in [5.74, 6) is -0.0358. The Hall–Kier alpha value is -3.99. The van der Waals surface area contributed by atoms with Crippen molar-refractivity contribution in [1.29, 1.82) is 5.26 Å². The summed E-state index contributed by atoms with van der Waals surface area (Å²) in [6.45, 7) is 1.83. The summed E-state index contributed by atoms with van der Waals surface area (Å²) in [5.41, 5.74) is 1.85. The Labute approximate surface area is 246 Å². The number of aliphatic hydroxyl groups excluding tert-OH is 1. The van der Waals surface area contributed by atoms with Crippen LogP contribution < -0.4 is 10.1 Å². The molecule has 2 fully saturated rings. The third-order valence-corrected chi connectivity index (χ3v) is 8.53. The van der Waals surface area contributed by atoms with E-state index < -0.39 is 11.9 Å². The number of alkyl halides is 3. The average molecular weight is 595 g/mol. The first kappa shape index (κ1) is 29.1. The van der Waals surface area contributed by atoms with Gasteiger partial charge in [0.1, 0.15) is 17.4 Å². The fourth-order valence-electron chi connectivity index (χ4n) is 6.28. The molecule has 1 saturated carbocycles. The van der Waals surface area contributed by atoms with E-state index in [9.17, 15) is 18.4 Å². The van der Waals surface area contributed by atoms with Gasteiger partial charge in [-0.3, -0.25) is 9.58 Å². The van der Waals surface area contributed by atoms with Crippen LogP contribution in [0, 0.1) is 11.3 Å². The number of fused-ring (bicyclic) bond motifs is 1. The molecule has 3 N–H and O–H groups in total. The standard InChI is InChI=1S/C30H33F3N8O2/c31-30(32,33)26-13-20(17-35-9-12-42)14-27(39-26)43-23-3-10-40(11-4-23)22-15-29(16-22,5-6-34)41-19-21(18-38-41)24-1-7-36-28-25(24)2-8-37-28/h1-2,7-8,13-14,18-19,22-23,35,42H,3-5,9-12,15-17H2,(H,36,37)/t22-,29-. The fraction of sp³-hybridized carbons (Fsp3) is 0.467. The molecule has 1 aliphatic carbocycles. The van der Waals surface area contributed by atoms with Gasteiger partial charge in [-0.1, -0.05) is 0 Å². The van der Waals surface area contributed by atoms with Crippen LogP contribution >= 0.6 is 0 Å². The van der Waals surface area contributed by atoms with Gasteiger partial charge in [0.15, 0.2) is 0 Å². The molecule has 10 nitrogen and oxygen atoms in total. The number of aromatic amines is 1. The molecule has 13 heteroatoms. The average Bonchev–Trinajstić information content (AvgIpc) is 3.65. The first-order valence-electron chi connectivity index (χ1n) is 14.4. The monoisotopic (exact) mass is 594 g/mol. The van der Waals surface area contributed by atoms with Crippen LogP contribution in [0.15, 0.2) is 49.1 Å². The lowest BCUT2D eigenvalue weighted by molar-refractivity contribution is -0.141. The highest BCUT2D eigenvalue weighted by molar-refractivity contribution is 5.92. The van der Waals surface area contributed by atoms with Gasteiger partial charge in [-0.2, -0.15) is 23.5 Å². The Kier molecular flexibility index (Phi) is 8.09. The molecule has 1 saturated heterocycles. The van der Waals surface area contributed by atoms with E-state index in [4.69, 9.17) is 9.84 Å². The van der Waals surface area contributed by atoms with Crippen LogP contribution in [0.2, 0.25) is 0 Å². The van der Waals surface area contributed by atoms with Gasteiger partial charge in [0.05, 0.1) is 30.8 Å². The molecule has 2 aliphatic rings. The number of nitrogens with zero attached hydrogens (tertiary/aromatic N) is 6. The minimum Gasteiger partial charge on any atom is -0.474 e. The lowest BCUT2D eigenvalue weighted by Gasteiger charge is -2.52. The number of halogens is 3. The topological polar surface area (TPSA) is 128 Å². The lowest BCUT2D eigenvalue weighted by Crippen LogP contribution is -2.58. The van der Waals surface area contributed by atoms with Crippen LogP contribution in [0.5, 0.6) is 5.88 Å². The van der Waals surface area contributed by atoms with Crippen molar-refractivity contribution in [1.82, 2.24) is 34.9 Å². The third kappa shape index (κ3) is 6.08. The molecule has 4 aromatic rings. The SMILES string of the molecule is N#CC[C@]1(n2cc(-c3ccnc4[nH]ccc34)cn2)C[C@H](N2CCC(Oc3cc(CNCCO)cc(C(F)(F)F)n3)CC2)C1. The van der Waals surface area contributed by atoms with Gasteiger partial charge in [-0.15, -0.1) is 0 Å². The molecular formula is C30H33F3N8O2. The van der Waals surface area contributed by atoms with Crippen LogP contribution in [0.3, 0.4) is 0 Å². The number of nitriles is 1. The second kappa shape index (κ2) is 11.9. The Balaban J connectivity index is 1.08. The van der Waals surface area contributed by atoms with Crippen molar-refractivity contribution < 1.29 is 23.0 Å². The normalized spacial score (nSPS) is 21.5. The van der Waals surface area contributed by atoms with E-state index in [1.807, 2.05) is 35.4 Å². The van der Waals surface area contributed by atoms with Gasteiger partial charge < -0.3 is 20.1 Å². The summed E-state index contributed by atoms with van der Waals surface area (Å²) in [7, 11) is 0. The number of piperidine rings is 1. The number of aliphatic hydroxyl groups is 1. The van der Waals surface area contributed by atoms with E-state index in [-0.39, 0.29) is 43.3 Å². The minimum atomic E-state index is -4.59. The number of likely N-dealkylation sites (tertiary alicyclic amines) is 1. The summed E-state index contributed by atoms with van der Waals surface area (Å²) in [6, 6.07) is 9.14. The van der Waals surface area contributed by atoms with Crippen LogP contribution in [0.4, 0.5) is 13.2 Å². The van der Waals surface area contributed by atoms with Crippen molar-refractivity contribution in [3.63, 3.8) is 0 Å². The highest BCUT2D eigenvalue weighted by Crippen LogP contribution is 2.46. The molecule has 0 unspecified atom stereocenters. The first-order chi connectivity index (χ1) is 20.8. The molecule has 43 heavy (non-hydrogen) atoms. The molecule has 0 radical (unpaired) electrons. The molecule has 0 atom stereocenters. The van der Waals surface area contributed by atoms with Gasteiger partial charge in [0.25, 0.3) is 0 Å². The Morgan fingerprint density at radius 1 is 1.21 bits per heavy atom. The van der Waals surface area contributed by atoms with Crippen LogP contribution in [-0.2, 0) is 18.3 Å². The molecule has 226 valence electrons. The lowest BCUT2D eigenvalue weighted by atomic mass is 9.69. The Bertz CT molecular complexity index is 1600. The second-order valence-corrected chi connectivity index (χ2v) is 11.3. The zero-order chi connectivity index (χ0) is 30.0. The predicted molar refractivity (Wildman–Crippen MR) is 152 cm³/mol. The van der Waals surface area contributed by atoms with Crippen molar-refractivity contribution in [2.24, 2.45) is 0 Å². The fourth-order valence-corrected chi connectivity index (χ4v) is 6.28. The quantitative estimate of drug-likeness (QED) is 0.233. The second-order valence-electron chi connectivity index (χ2n) is 11.3. The molecular weight excluding hydrogens is 561 g/mol. The van der Waals surface area contributed by atoms with E-state index in [2.05, 4.69) is 36.3 Å². The summed E-state index contributed by atoms with van der Waals surface area (Å²) in [4.78, 5) is 13.6. The van der Waals surface area contributed by atoms with Gasteiger partial charge in [0.2, 0.25) is 5.88 Å². The van der Waals surface area contributed by atoms with Crippen LogP contribution in [0.25, 0.3) is 22.2 Å². The highest BCUT2D eigenvalue weighted by Gasteiger charge is 2.49. The number of aromatic nitrogens is 5. The van der Waals surface area contributed by atoms with Crippen molar-refractivity contribution in [3.8, 4) is 23.1 Å². The summed E-state index contributed by atoms with van der Waals surface area (Å²) >= 11 is 0. The number of nitrogens with one attached hydrogen (secondary N) is 2. The maximum absolute atomic E-state index is 13.5. The van der Waals surface area contributed by atoms with Gasteiger partial charge in [-0.25, -0.2) is 9.97 Å². The number of rotatable bonds is 10. The highest BCUT2D eigenvalue weighted by atomic mass is 19.4. The first-order valence-corrected chi connectivity index (χ1v) is 14.4. The number of hydrogen-bond acceptors (Lipinski definition) is 8. The number of pyridine rings is 2. The van der Waals surface area contributed by atoms with Gasteiger partial charge in [-0.05, 0) is 55.0 Å². The van der Waals surface area contributed by atoms with Crippen molar-refractivity contribution in [3.05, 3.63) is 60.3 Å². The zero-order valence-electron chi connectivity index (χ0n) is 23.5. The van der Waals surface area contributed by atoms with E-state index in [1.54, 1.807) is 6.20 Å². The van der Waals surface area contributed by atoms with Crippen LogP contribution in [-0.4, -0.2) is 73.1 Å². The zero-order valence-corrected chi connectivity index (χ0v) is 23.5. The molecule has 6 rings (SSSR count). The molecule has 1 aliphatic heterocycles. The Morgan fingerprint density at radius 2 is 2.02 bits per heavy atom.